The van der Waals surface area contributed by atoms with Gasteiger partial charge in [0.05, 0.1) is 5.41 Å². The van der Waals surface area contributed by atoms with E-state index in [2.05, 4.69) is 15.2 Å². The van der Waals surface area contributed by atoms with Gasteiger partial charge in [-0.15, -0.1) is 5.10 Å². The van der Waals surface area contributed by atoms with Crippen LogP contribution in [0, 0.1) is 5.41 Å². The van der Waals surface area contributed by atoms with E-state index in [1.54, 1.807) is 27.0 Å². The standard InChI is InChI=1S/C14H20N6O5S2/c1-14(2,3)11(24)25-6-19-13-16-12(26-4)18-20(13)9(21)8(17-19)27-5-7(15)10(22)23/h7H,5-6,15H2,1-4H3,(H,22,23). The minimum Gasteiger partial charge on any atom is -0.480 e. The van der Waals surface area contributed by atoms with Crippen molar-refractivity contribution in [1.82, 2.24) is 24.4 Å². The third-order valence-corrected chi connectivity index (χ3v) is 4.81. The first-order valence-corrected chi connectivity index (χ1v) is 9.96. The van der Waals surface area contributed by atoms with E-state index in [0.717, 1.165) is 16.3 Å². The highest BCUT2D eigenvalue weighted by molar-refractivity contribution is 7.99. The Morgan fingerprint density at radius 1 is 1.33 bits per heavy atom. The molecule has 3 N–H and O–H groups in total. The molecule has 0 fully saturated rings. The Morgan fingerprint density at radius 2 is 2.00 bits per heavy atom. The normalized spacial score (nSPS) is 12.9. The highest BCUT2D eigenvalue weighted by atomic mass is 32.2. The van der Waals surface area contributed by atoms with E-state index in [1.165, 1.54) is 16.4 Å². The van der Waals surface area contributed by atoms with E-state index < -0.39 is 29.0 Å². The first kappa shape index (κ1) is 21.2. The maximum atomic E-state index is 12.5. The molecule has 0 saturated heterocycles. The van der Waals surface area contributed by atoms with Crippen LogP contribution in [0.5, 0.6) is 0 Å². The maximum absolute atomic E-state index is 12.5. The number of carbonyl (C=O) groups is 2. The summed E-state index contributed by atoms with van der Waals surface area (Å²) in [6.07, 6.45) is 1.75. The van der Waals surface area contributed by atoms with Crippen molar-refractivity contribution in [2.75, 3.05) is 12.0 Å². The number of nitrogens with zero attached hydrogens (tertiary/aromatic N) is 5. The lowest BCUT2D eigenvalue weighted by atomic mass is 9.98. The number of hydrogen-bond acceptors (Lipinski definition) is 10. The molecule has 0 aromatic carbocycles. The largest absolute Gasteiger partial charge is 0.480 e. The van der Waals surface area contributed by atoms with Crippen molar-refractivity contribution < 1.29 is 19.4 Å². The minimum atomic E-state index is -1.19. The Morgan fingerprint density at radius 3 is 2.56 bits per heavy atom. The second kappa shape index (κ2) is 8.27. The van der Waals surface area contributed by atoms with Gasteiger partial charge >= 0.3 is 17.5 Å². The first-order valence-electron chi connectivity index (χ1n) is 7.75. The highest BCUT2D eigenvalue weighted by Gasteiger charge is 2.24. The van der Waals surface area contributed by atoms with Crippen LogP contribution in [0.3, 0.4) is 0 Å². The third-order valence-electron chi connectivity index (χ3n) is 3.22. The van der Waals surface area contributed by atoms with Crippen LogP contribution >= 0.6 is 23.5 Å². The van der Waals surface area contributed by atoms with Crippen molar-refractivity contribution in [3.05, 3.63) is 10.4 Å². The molecule has 1 atom stereocenters. The molecule has 1 unspecified atom stereocenters. The summed E-state index contributed by atoms with van der Waals surface area (Å²) in [6, 6.07) is -1.16. The van der Waals surface area contributed by atoms with Crippen LogP contribution in [0.25, 0.3) is 5.78 Å². The Bertz CT molecular complexity index is 919. The number of hydrogen-bond donors (Lipinski definition) is 2. The van der Waals surface area contributed by atoms with Gasteiger partial charge in [0.15, 0.2) is 11.8 Å². The van der Waals surface area contributed by atoms with E-state index in [1.807, 2.05) is 0 Å². The Labute approximate surface area is 162 Å². The van der Waals surface area contributed by atoms with Crippen LogP contribution in [0.1, 0.15) is 20.8 Å². The Hall–Kier alpha value is -2.12. The third kappa shape index (κ3) is 4.99. The second-order valence-corrected chi connectivity index (χ2v) is 8.27. The molecule has 2 heterocycles. The molecule has 11 nitrogen and oxygen atoms in total. The number of aromatic nitrogens is 5. The van der Waals surface area contributed by atoms with Crippen LogP contribution in [-0.2, 0) is 21.1 Å². The molecule has 27 heavy (non-hydrogen) atoms. The topological polar surface area (TPSA) is 155 Å². The number of fused-ring (bicyclic) bond motifs is 1. The van der Waals surface area contributed by atoms with Gasteiger partial charge in [0.2, 0.25) is 5.16 Å². The van der Waals surface area contributed by atoms with E-state index in [9.17, 15) is 14.4 Å². The molecule has 2 rings (SSSR count). The molecule has 2 aromatic rings. The first-order chi connectivity index (χ1) is 12.5. The fraction of sp³-hybridized carbons (Fsp3) is 0.571. The molecule has 0 aliphatic rings. The number of carboxylic acid groups (broad SMARTS) is 1. The fourth-order valence-corrected chi connectivity index (χ4v) is 2.90. The van der Waals surface area contributed by atoms with Gasteiger partial charge in [0.25, 0.3) is 5.78 Å². The summed E-state index contributed by atoms with van der Waals surface area (Å²) < 4.78 is 7.51. The quantitative estimate of drug-likeness (QED) is 0.465. The van der Waals surface area contributed by atoms with Gasteiger partial charge in [-0.3, -0.25) is 14.4 Å². The van der Waals surface area contributed by atoms with Gasteiger partial charge in [-0.05, 0) is 27.0 Å². The Balaban J connectivity index is 2.39. The van der Waals surface area contributed by atoms with Crippen molar-refractivity contribution in [2.24, 2.45) is 11.1 Å². The van der Waals surface area contributed by atoms with Gasteiger partial charge < -0.3 is 15.6 Å². The van der Waals surface area contributed by atoms with E-state index in [-0.39, 0.29) is 23.3 Å². The molecule has 0 aliphatic heterocycles. The fourth-order valence-electron chi connectivity index (χ4n) is 1.72. The number of esters is 1. The van der Waals surface area contributed by atoms with Crippen LogP contribution in [-0.4, -0.2) is 59.5 Å². The molecule has 0 aliphatic carbocycles. The molecule has 13 heteroatoms. The lowest BCUT2D eigenvalue weighted by molar-refractivity contribution is -0.157. The van der Waals surface area contributed by atoms with Gasteiger partial charge in [-0.2, -0.15) is 19.3 Å². The zero-order chi connectivity index (χ0) is 20.4. The number of aliphatic carboxylic acids is 1. The smallest absolute Gasteiger partial charge is 0.321 e. The van der Waals surface area contributed by atoms with Gasteiger partial charge in [-0.25, -0.2) is 0 Å². The number of rotatable bonds is 7. The summed E-state index contributed by atoms with van der Waals surface area (Å²) in [7, 11) is 0. The molecule has 0 bridgehead atoms. The van der Waals surface area contributed by atoms with Crippen molar-refractivity contribution in [3.63, 3.8) is 0 Å². The number of nitrogens with two attached hydrogens (primary N) is 1. The van der Waals surface area contributed by atoms with E-state index >= 15 is 0 Å². The van der Waals surface area contributed by atoms with Crippen LogP contribution in [0.4, 0.5) is 0 Å². The molecule has 0 spiro atoms. The van der Waals surface area contributed by atoms with Crippen molar-refractivity contribution >= 4 is 41.2 Å². The molecular weight excluding hydrogens is 396 g/mol. The summed E-state index contributed by atoms with van der Waals surface area (Å²) in [5.41, 5.74) is 4.21. The summed E-state index contributed by atoms with van der Waals surface area (Å²) in [5.74, 6) is -1.59. The van der Waals surface area contributed by atoms with Crippen molar-refractivity contribution in [2.45, 2.75) is 43.7 Å². The van der Waals surface area contributed by atoms with Gasteiger partial charge in [0, 0.05) is 5.75 Å². The summed E-state index contributed by atoms with van der Waals surface area (Å²) in [4.78, 5) is 39.6. The number of carboxylic acids is 1. The minimum absolute atomic E-state index is 0.0245. The molecule has 0 radical (unpaired) electrons. The SMILES string of the molecule is CSc1nc2n(COC(=O)C(C)(C)C)nc(SCC(N)C(=O)O)c(=O)n2n1. The molecular formula is C14H20N6O5S2. The predicted octanol–water partition coefficient (Wildman–Crippen LogP) is 0.0587. The predicted molar refractivity (Wildman–Crippen MR) is 98.7 cm³/mol. The van der Waals surface area contributed by atoms with E-state index in [0.29, 0.717) is 5.16 Å². The highest BCUT2D eigenvalue weighted by Crippen LogP contribution is 2.17. The molecule has 2 aromatic heterocycles. The zero-order valence-corrected chi connectivity index (χ0v) is 16.8. The van der Waals surface area contributed by atoms with Gasteiger partial charge in [0.1, 0.15) is 6.04 Å². The average Bonchev–Trinajstić information content (AvgIpc) is 3.03. The number of carbonyl (C=O) groups excluding carboxylic acids is 1. The molecule has 148 valence electrons. The lowest BCUT2D eigenvalue weighted by Gasteiger charge is -2.17. The summed E-state index contributed by atoms with van der Waals surface area (Å²) >= 11 is 2.12. The number of ether oxygens (including phenoxy) is 1. The zero-order valence-electron chi connectivity index (χ0n) is 15.2. The second-order valence-electron chi connectivity index (χ2n) is 6.49. The summed E-state index contributed by atoms with van der Waals surface area (Å²) in [6.45, 7) is 4.86. The van der Waals surface area contributed by atoms with Crippen LogP contribution < -0.4 is 11.3 Å². The van der Waals surface area contributed by atoms with Crippen LogP contribution in [0.2, 0.25) is 0 Å². The molecule has 0 amide bonds. The van der Waals surface area contributed by atoms with Gasteiger partial charge in [-0.1, -0.05) is 23.5 Å². The van der Waals surface area contributed by atoms with Crippen LogP contribution in [0.15, 0.2) is 15.0 Å². The van der Waals surface area contributed by atoms with Crippen molar-refractivity contribution in [1.29, 1.82) is 0 Å². The average molecular weight is 416 g/mol. The monoisotopic (exact) mass is 416 g/mol. The summed E-state index contributed by atoms with van der Waals surface area (Å²) in [5, 5.41) is 17.4. The molecule has 0 saturated carbocycles. The Kier molecular flexibility index (Phi) is 6.49. The van der Waals surface area contributed by atoms with E-state index in [4.69, 9.17) is 15.6 Å². The maximum Gasteiger partial charge on any atom is 0.321 e. The number of thioether (sulfide) groups is 2. The lowest BCUT2D eigenvalue weighted by Crippen LogP contribution is -2.33. The van der Waals surface area contributed by atoms with Crippen molar-refractivity contribution in [3.8, 4) is 0 Å².